The van der Waals surface area contributed by atoms with Gasteiger partial charge in [0, 0.05) is 11.1 Å². The molecule has 22 heavy (non-hydrogen) atoms. The first-order valence-electron chi connectivity index (χ1n) is 6.77. The number of furan rings is 1. The number of nitrogen functional groups attached to an aromatic ring is 1. The number of rotatable bonds is 1. The monoisotopic (exact) mass is 289 g/mol. The number of hydrogen-bond acceptors (Lipinski definition) is 5. The number of nitrogens with zero attached hydrogens (tertiary/aromatic N) is 2. The van der Waals surface area contributed by atoms with Gasteiger partial charge in [-0.15, -0.1) is 0 Å². The molecule has 4 rings (SSSR count). The summed E-state index contributed by atoms with van der Waals surface area (Å²) in [6.07, 6.45) is 0.679. The van der Waals surface area contributed by atoms with E-state index in [9.17, 15) is 10.4 Å². The summed E-state index contributed by atoms with van der Waals surface area (Å²) in [4.78, 5) is 4.29. The maximum atomic E-state index is 10.7. The zero-order valence-electron chi connectivity index (χ0n) is 11.4. The summed E-state index contributed by atoms with van der Waals surface area (Å²) < 4.78 is 5.41. The van der Waals surface area contributed by atoms with Gasteiger partial charge in [0.25, 0.3) is 0 Å². The van der Waals surface area contributed by atoms with Gasteiger partial charge in [0.2, 0.25) is 0 Å². The first-order valence-corrected chi connectivity index (χ1v) is 6.77. The topological polar surface area (TPSA) is 96.1 Å². The summed E-state index contributed by atoms with van der Waals surface area (Å²) in [5.74, 6) is 0.649. The van der Waals surface area contributed by atoms with E-state index in [4.69, 9.17) is 10.2 Å². The van der Waals surface area contributed by atoms with Crippen LogP contribution in [-0.4, -0.2) is 10.1 Å². The fraction of sp³-hybridized carbons (Fsp3) is 0.0588. The molecule has 1 aliphatic rings. The number of hydrogen-bond donors (Lipinski definition) is 2. The van der Waals surface area contributed by atoms with Crippen molar-refractivity contribution in [3.05, 3.63) is 59.4 Å². The van der Waals surface area contributed by atoms with Crippen LogP contribution in [0.1, 0.15) is 22.8 Å². The van der Waals surface area contributed by atoms with Crippen molar-refractivity contribution >= 4 is 5.82 Å². The largest absolute Gasteiger partial charge is 0.463 e. The first-order chi connectivity index (χ1) is 10.7. The maximum Gasteiger partial charge on any atom is 0.152 e. The minimum atomic E-state index is -0.855. The highest BCUT2D eigenvalue weighted by Gasteiger charge is 2.34. The normalized spacial score (nSPS) is 15.2. The van der Waals surface area contributed by atoms with Crippen LogP contribution in [0.5, 0.6) is 0 Å². The van der Waals surface area contributed by atoms with E-state index in [-0.39, 0.29) is 11.4 Å². The highest BCUT2D eigenvalue weighted by atomic mass is 16.3. The van der Waals surface area contributed by atoms with Crippen LogP contribution in [-0.2, 0) is 0 Å². The third-order valence-corrected chi connectivity index (χ3v) is 3.93. The molecular weight excluding hydrogens is 278 g/mol. The Labute approximate surface area is 126 Å². The van der Waals surface area contributed by atoms with E-state index in [0.29, 0.717) is 22.6 Å². The van der Waals surface area contributed by atoms with Crippen molar-refractivity contribution in [1.82, 2.24) is 4.98 Å². The number of aromatic nitrogens is 1. The van der Waals surface area contributed by atoms with E-state index < -0.39 is 6.10 Å². The Hall–Kier alpha value is -3.10. The molecule has 0 spiro atoms. The molecule has 106 valence electrons. The molecular formula is C17H11N3O2. The first kappa shape index (κ1) is 12.6. The molecule has 0 fully saturated rings. The third-order valence-electron chi connectivity index (χ3n) is 3.93. The van der Waals surface area contributed by atoms with Crippen LogP contribution in [0.4, 0.5) is 5.82 Å². The molecule has 0 saturated heterocycles. The number of aliphatic hydroxyl groups is 1. The van der Waals surface area contributed by atoms with Crippen molar-refractivity contribution in [3.8, 4) is 28.7 Å². The van der Waals surface area contributed by atoms with Gasteiger partial charge in [-0.3, -0.25) is 0 Å². The minimum absolute atomic E-state index is 0.136. The standard InChI is InChI=1S/C17H11N3O2/c18-8-11-13-9-4-1-2-5-10(9)16(21)14(13)15(20-17(11)19)12-6-3-7-22-12/h1-7,16,21H,(H2,19,20). The SMILES string of the molecule is N#Cc1c(N)nc(-c2ccco2)c2c1-c1ccccc1C2O. The van der Waals surface area contributed by atoms with E-state index >= 15 is 0 Å². The predicted molar refractivity (Wildman–Crippen MR) is 80.6 cm³/mol. The molecule has 1 atom stereocenters. The fourth-order valence-corrected chi connectivity index (χ4v) is 3.00. The highest BCUT2D eigenvalue weighted by Crippen LogP contribution is 2.49. The smallest absolute Gasteiger partial charge is 0.152 e. The molecule has 3 N–H and O–H groups in total. The molecule has 0 radical (unpaired) electrons. The molecule has 0 saturated carbocycles. The molecule has 1 aromatic carbocycles. The van der Waals surface area contributed by atoms with Crippen LogP contribution in [0, 0.1) is 11.3 Å². The molecule has 1 aliphatic carbocycles. The van der Waals surface area contributed by atoms with E-state index in [0.717, 1.165) is 11.1 Å². The molecule has 1 unspecified atom stereocenters. The Morgan fingerprint density at radius 1 is 1.23 bits per heavy atom. The van der Waals surface area contributed by atoms with Crippen molar-refractivity contribution in [2.45, 2.75) is 6.10 Å². The molecule has 0 bridgehead atoms. The zero-order valence-corrected chi connectivity index (χ0v) is 11.4. The molecule has 0 amide bonds. The number of pyridine rings is 1. The van der Waals surface area contributed by atoms with Crippen molar-refractivity contribution in [2.24, 2.45) is 0 Å². The molecule has 2 aromatic heterocycles. The van der Waals surface area contributed by atoms with Gasteiger partial charge < -0.3 is 15.3 Å². The average molecular weight is 289 g/mol. The summed E-state index contributed by atoms with van der Waals surface area (Å²) in [6.45, 7) is 0. The number of anilines is 1. The van der Waals surface area contributed by atoms with Crippen LogP contribution in [0.15, 0.2) is 47.1 Å². The number of benzene rings is 1. The molecule has 3 aromatic rings. The summed E-state index contributed by atoms with van der Waals surface area (Å²) in [5, 5.41) is 20.1. The Balaban J connectivity index is 2.14. The lowest BCUT2D eigenvalue weighted by atomic mass is 9.98. The second-order valence-electron chi connectivity index (χ2n) is 5.09. The van der Waals surface area contributed by atoms with E-state index in [2.05, 4.69) is 11.1 Å². The minimum Gasteiger partial charge on any atom is -0.463 e. The Morgan fingerprint density at radius 2 is 2.05 bits per heavy atom. The Morgan fingerprint density at radius 3 is 2.77 bits per heavy atom. The van der Waals surface area contributed by atoms with E-state index in [1.807, 2.05) is 24.3 Å². The van der Waals surface area contributed by atoms with Crippen molar-refractivity contribution in [2.75, 3.05) is 5.73 Å². The second-order valence-corrected chi connectivity index (χ2v) is 5.09. The lowest BCUT2D eigenvalue weighted by Crippen LogP contribution is -2.04. The second kappa shape index (κ2) is 4.45. The van der Waals surface area contributed by atoms with Crippen molar-refractivity contribution < 1.29 is 9.52 Å². The predicted octanol–water partition coefficient (Wildman–Crippen LogP) is 2.86. The molecule has 5 heteroatoms. The average Bonchev–Trinajstić information content (AvgIpc) is 3.15. The number of nitrogens with two attached hydrogens (primary N) is 1. The van der Waals surface area contributed by atoms with Crippen molar-refractivity contribution in [3.63, 3.8) is 0 Å². The molecule has 0 aliphatic heterocycles. The van der Waals surface area contributed by atoms with Crippen LogP contribution in [0.3, 0.4) is 0 Å². The molecule has 5 nitrogen and oxygen atoms in total. The van der Waals surface area contributed by atoms with Crippen LogP contribution >= 0.6 is 0 Å². The van der Waals surface area contributed by atoms with Gasteiger partial charge in [0.15, 0.2) is 5.76 Å². The van der Waals surface area contributed by atoms with Crippen LogP contribution in [0.2, 0.25) is 0 Å². The lowest BCUT2D eigenvalue weighted by molar-refractivity contribution is 0.225. The van der Waals surface area contributed by atoms with Gasteiger partial charge >= 0.3 is 0 Å². The summed E-state index contributed by atoms with van der Waals surface area (Å²) >= 11 is 0. The van der Waals surface area contributed by atoms with Crippen LogP contribution in [0.25, 0.3) is 22.6 Å². The third kappa shape index (κ3) is 1.53. The van der Waals surface area contributed by atoms with Gasteiger partial charge in [0.1, 0.15) is 29.2 Å². The van der Waals surface area contributed by atoms with Gasteiger partial charge in [-0.2, -0.15) is 5.26 Å². The van der Waals surface area contributed by atoms with Gasteiger partial charge in [-0.1, -0.05) is 24.3 Å². The number of nitriles is 1. The van der Waals surface area contributed by atoms with Gasteiger partial charge in [0.05, 0.1) is 6.26 Å². The fourth-order valence-electron chi connectivity index (χ4n) is 3.00. The summed E-state index contributed by atoms with van der Waals surface area (Å²) in [6, 6.07) is 13.0. The van der Waals surface area contributed by atoms with E-state index in [1.165, 1.54) is 6.26 Å². The van der Waals surface area contributed by atoms with E-state index in [1.54, 1.807) is 12.1 Å². The summed E-state index contributed by atoms with van der Waals surface area (Å²) in [7, 11) is 0. The van der Waals surface area contributed by atoms with Gasteiger partial charge in [-0.05, 0) is 23.3 Å². The Kier molecular flexibility index (Phi) is 2.55. The quantitative estimate of drug-likeness (QED) is 0.718. The highest BCUT2D eigenvalue weighted by molar-refractivity contribution is 5.89. The van der Waals surface area contributed by atoms with Crippen LogP contribution < -0.4 is 5.73 Å². The zero-order chi connectivity index (χ0) is 15.3. The summed E-state index contributed by atoms with van der Waals surface area (Å²) in [5.41, 5.74) is 9.48. The lowest BCUT2D eigenvalue weighted by Gasteiger charge is -2.12. The maximum absolute atomic E-state index is 10.7. The Bertz CT molecular complexity index is 924. The van der Waals surface area contributed by atoms with Crippen molar-refractivity contribution in [1.29, 1.82) is 5.26 Å². The number of aliphatic hydroxyl groups excluding tert-OH is 1. The number of fused-ring (bicyclic) bond motifs is 3. The molecule has 2 heterocycles. The van der Waals surface area contributed by atoms with Gasteiger partial charge in [-0.25, -0.2) is 4.98 Å².